The summed E-state index contributed by atoms with van der Waals surface area (Å²) >= 11 is 6.22. The number of imide groups is 1. The van der Waals surface area contributed by atoms with Crippen molar-refractivity contribution in [3.63, 3.8) is 0 Å². The zero-order chi connectivity index (χ0) is 23.1. The number of hydrogen-bond donors (Lipinski definition) is 0. The van der Waals surface area contributed by atoms with Crippen LogP contribution in [0.3, 0.4) is 0 Å². The van der Waals surface area contributed by atoms with Crippen LogP contribution >= 0.6 is 11.6 Å². The van der Waals surface area contributed by atoms with Crippen molar-refractivity contribution < 1.29 is 28.6 Å². The van der Waals surface area contributed by atoms with E-state index in [1.807, 2.05) is 0 Å². The van der Waals surface area contributed by atoms with E-state index in [0.29, 0.717) is 11.1 Å². The SMILES string of the molecule is COC(=O)C=Cc1ccnc(Cl)c1CCN(C(=O)OC(C)(C)C)C(=O)OC(C)(C)C. The summed E-state index contributed by atoms with van der Waals surface area (Å²) < 4.78 is 15.3. The van der Waals surface area contributed by atoms with Gasteiger partial charge in [0.25, 0.3) is 0 Å². The molecule has 1 aromatic heterocycles. The number of hydrogen-bond acceptors (Lipinski definition) is 7. The van der Waals surface area contributed by atoms with E-state index in [0.717, 1.165) is 4.90 Å². The fourth-order valence-electron chi connectivity index (χ4n) is 2.22. The Morgan fingerprint density at radius 2 is 1.60 bits per heavy atom. The van der Waals surface area contributed by atoms with E-state index in [9.17, 15) is 14.4 Å². The normalized spacial score (nSPS) is 11.9. The molecule has 0 unspecified atom stereocenters. The molecule has 1 rings (SSSR count). The number of pyridine rings is 1. The highest BCUT2D eigenvalue weighted by Gasteiger charge is 2.31. The molecule has 1 heterocycles. The van der Waals surface area contributed by atoms with Crippen molar-refractivity contribution in [3.8, 4) is 0 Å². The summed E-state index contributed by atoms with van der Waals surface area (Å²) in [5.74, 6) is -0.530. The molecule has 1 aromatic rings. The van der Waals surface area contributed by atoms with Crippen LogP contribution in [0.2, 0.25) is 5.15 Å². The molecule has 0 N–H and O–H groups in total. The van der Waals surface area contributed by atoms with Crippen LogP contribution in [0, 0.1) is 0 Å². The Balaban J connectivity index is 3.14. The highest BCUT2D eigenvalue weighted by atomic mass is 35.5. The van der Waals surface area contributed by atoms with E-state index in [2.05, 4.69) is 9.72 Å². The molecule has 30 heavy (non-hydrogen) atoms. The summed E-state index contributed by atoms with van der Waals surface area (Å²) in [5, 5.41) is 0.190. The second-order valence-corrected chi connectivity index (χ2v) is 8.75. The number of esters is 1. The summed E-state index contributed by atoms with van der Waals surface area (Å²) in [6, 6.07) is 1.66. The number of methoxy groups -OCH3 is 1. The number of rotatable bonds is 5. The summed E-state index contributed by atoms with van der Waals surface area (Å²) in [5.41, 5.74) is -0.430. The molecule has 0 aromatic carbocycles. The number of carbonyl (C=O) groups excluding carboxylic acids is 3. The van der Waals surface area contributed by atoms with Crippen LogP contribution in [0.15, 0.2) is 18.3 Å². The van der Waals surface area contributed by atoms with Crippen LogP contribution in [0.1, 0.15) is 52.7 Å². The Kier molecular flexibility index (Phi) is 8.84. The number of carbonyl (C=O) groups is 3. The smallest absolute Gasteiger partial charge is 0.419 e. The molecule has 0 saturated carbocycles. The molecule has 9 heteroatoms. The molecule has 0 aliphatic heterocycles. The molecular formula is C21H29ClN2O6. The molecule has 0 aliphatic carbocycles. The molecule has 8 nitrogen and oxygen atoms in total. The molecule has 166 valence electrons. The van der Waals surface area contributed by atoms with Crippen LogP contribution in [-0.4, -0.2) is 52.9 Å². The molecule has 0 bridgehead atoms. The quantitative estimate of drug-likeness (QED) is 0.285. The van der Waals surface area contributed by atoms with E-state index < -0.39 is 29.4 Å². The third-order valence-electron chi connectivity index (χ3n) is 3.45. The maximum Gasteiger partial charge on any atom is 0.419 e. The largest absolute Gasteiger partial charge is 0.466 e. The van der Waals surface area contributed by atoms with Crippen molar-refractivity contribution in [3.05, 3.63) is 34.6 Å². The molecule has 0 spiro atoms. The lowest BCUT2D eigenvalue weighted by molar-refractivity contribution is -0.134. The first-order valence-electron chi connectivity index (χ1n) is 9.36. The van der Waals surface area contributed by atoms with Crippen molar-refractivity contribution in [1.29, 1.82) is 0 Å². The fraction of sp³-hybridized carbons (Fsp3) is 0.524. The van der Waals surface area contributed by atoms with Crippen molar-refractivity contribution in [2.45, 2.75) is 59.2 Å². The molecule has 0 saturated heterocycles. The highest BCUT2D eigenvalue weighted by molar-refractivity contribution is 6.30. The maximum atomic E-state index is 12.6. The number of aromatic nitrogens is 1. The van der Waals surface area contributed by atoms with Crippen LogP contribution in [0.5, 0.6) is 0 Å². The van der Waals surface area contributed by atoms with Crippen LogP contribution in [0.25, 0.3) is 6.08 Å². The van der Waals surface area contributed by atoms with Crippen molar-refractivity contribution in [2.24, 2.45) is 0 Å². The highest BCUT2D eigenvalue weighted by Crippen LogP contribution is 2.21. The molecule has 0 fully saturated rings. The minimum atomic E-state index is -0.830. The Hall–Kier alpha value is -2.61. The molecular weight excluding hydrogens is 412 g/mol. The Morgan fingerprint density at radius 3 is 2.07 bits per heavy atom. The molecule has 0 aliphatic rings. The maximum absolute atomic E-state index is 12.6. The number of amides is 2. The van der Waals surface area contributed by atoms with Gasteiger partial charge in [-0.25, -0.2) is 24.3 Å². The Morgan fingerprint density at radius 1 is 1.07 bits per heavy atom. The lowest BCUT2D eigenvalue weighted by atomic mass is 10.1. The van der Waals surface area contributed by atoms with Crippen molar-refractivity contribution in [2.75, 3.05) is 13.7 Å². The summed E-state index contributed by atoms with van der Waals surface area (Å²) in [4.78, 5) is 41.5. The second kappa shape index (κ2) is 10.4. The summed E-state index contributed by atoms with van der Waals surface area (Å²) in [6.07, 6.45) is 2.77. The summed E-state index contributed by atoms with van der Waals surface area (Å²) in [6.45, 7) is 10.1. The van der Waals surface area contributed by atoms with Crippen LogP contribution < -0.4 is 0 Å². The van der Waals surface area contributed by atoms with Gasteiger partial charge in [0.1, 0.15) is 16.4 Å². The van der Waals surface area contributed by atoms with Gasteiger partial charge >= 0.3 is 18.2 Å². The predicted molar refractivity (Wildman–Crippen MR) is 113 cm³/mol. The third kappa shape index (κ3) is 8.82. The Labute approximate surface area is 182 Å². The fourth-order valence-corrected chi connectivity index (χ4v) is 2.48. The minimum absolute atomic E-state index is 0.0612. The predicted octanol–water partition coefficient (Wildman–Crippen LogP) is 4.64. The van der Waals surface area contributed by atoms with Gasteiger partial charge in [0.2, 0.25) is 0 Å². The molecule has 0 radical (unpaired) electrons. The van der Waals surface area contributed by atoms with Gasteiger partial charge in [-0.3, -0.25) is 0 Å². The van der Waals surface area contributed by atoms with Gasteiger partial charge in [-0.15, -0.1) is 0 Å². The third-order valence-corrected chi connectivity index (χ3v) is 3.78. The zero-order valence-electron chi connectivity index (χ0n) is 18.4. The van der Waals surface area contributed by atoms with E-state index in [-0.39, 0.29) is 18.1 Å². The molecule has 0 atom stereocenters. The first-order valence-corrected chi connectivity index (χ1v) is 9.74. The second-order valence-electron chi connectivity index (χ2n) is 8.39. The first kappa shape index (κ1) is 25.4. The van der Waals surface area contributed by atoms with E-state index in [1.54, 1.807) is 47.6 Å². The van der Waals surface area contributed by atoms with Crippen molar-refractivity contribution >= 4 is 35.8 Å². The van der Waals surface area contributed by atoms with Crippen LogP contribution in [-0.2, 0) is 25.4 Å². The Bertz CT molecular complexity index is 781. The van der Waals surface area contributed by atoms with Gasteiger partial charge in [0.05, 0.1) is 7.11 Å². The zero-order valence-corrected chi connectivity index (χ0v) is 19.2. The topological polar surface area (TPSA) is 95.0 Å². The lowest BCUT2D eigenvalue weighted by Gasteiger charge is -2.28. The lowest BCUT2D eigenvalue weighted by Crippen LogP contribution is -2.44. The van der Waals surface area contributed by atoms with E-state index >= 15 is 0 Å². The summed E-state index contributed by atoms with van der Waals surface area (Å²) in [7, 11) is 1.27. The van der Waals surface area contributed by atoms with E-state index in [4.69, 9.17) is 21.1 Å². The average Bonchev–Trinajstić information content (AvgIpc) is 2.58. The molecule has 2 amide bonds. The minimum Gasteiger partial charge on any atom is -0.466 e. The standard InChI is InChI=1S/C21H29ClN2O6/c1-20(2,3)29-18(26)24(19(27)30-21(4,5)6)13-11-15-14(8-9-16(25)28-7)10-12-23-17(15)22/h8-10,12H,11,13H2,1-7H3. The van der Waals surface area contributed by atoms with Crippen molar-refractivity contribution in [1.82, 2.24) is 9.88 Å². The number of halogens is 1. The van der Waals surface area contributed by atoms with Gasteiger partial charge in [0.15, 0.2) is 0 Å². The van der Waals surface area contributed by atoms with Gasteiger partial charge in [-0.2, -0.15) is 0 Å². The van der Waals surface area contributed by atoms with E-state index in [1.165, 1.54) is 25.5 Å². The van der Waals surface area contributed by atoms with Gasteiger partial charge < -0.3 is 14.2 Å². The van der Waals surface area contributed by atoms with Gasteiger partial charge in [0, 0.05) is 18.8 Å². The van der Waals surface area contributed by atoms with Gasteiger partial charge in [-0.05, 0) is 71.2 Å². The number of ether oxygens (including phenoxy) is 3. The number of nitrogens with zero attached hydrogens (tertiary/aromatic N) is 2. The first-order chi connectivity index (χ1) is 13.7. The monoisotopic (exact) mass is 440 g/mol. The average molecular weight is 441 g/mol. The van der Waals surface area contributed by atoms with Gasteiger partial charge in [-0.1, -0.05) is 11.6 Å². The van der Waals surface area contributed by atoms with Crippen LogP contribution in [0.4, 0.5) is 9.59 Å².